The number of Topliss-reactive ketones (excluding diaryl/α,β-unsaturated/α-hetero) is 1. The number of ether oxygens (including phenoxy) is 2. The molecule has 33 heavy (non-hydrogen) atoms. The van der Waals surface area contributed by atoms with Crippen LogP contribution in [0.5, 0.6) is 5.75 Å². The van der Waals surface area contributed by atoms with Crippen LogP contribution >= 0.6 is 11.3 Å². The van der Waals surface area contributed by atoms with Crippen molar-refractivity contribution in [3.05, 3.63) is 64.5 Å². The molecule has 0 bridgehead atoms. The minimum Gasteiger partial charge on any atom is -0.490 e. The Morgan fingerprint density at radius 1 is 1.09 bits per heavy atom. The summed E-state index contributed by atoms with van der Waals surface area (Å²) >= 11 is 1.66. The predicted molar refractivity (Wildman–Crippen MR) is 121 cm³/mol. The van der Waals surface area contributed by atoms with E-state index >= 15 is 0 Å². The van der Waals surface area contributed by atoms with E-state index in [1.54, 1.807) is 23.5 Å². The van der Waals surface area contributed by atoms with Crippen LogP contribution in [0.2, 0.25) is 0 Å². The van der Waals surface area contributed by atoms with Crippen LogP contribution < -0.4 is 4.74 Å². The number of benzene rings is 2. The molecule has 4 rings (SSSR count). The number of rotatable bonds is 8. The van der Waals surface area contributed by atoms with Crippen molar-refractivity contribution in [1.29, 1.82) is 0 Å². The highest BCUT2D eigenvalue weighted by atomic mass is 32.1. The van der Waals surface area contributed by atoms with Crippen molar-refractivity contribution in [2.24, 2.45) is 0 Å². The van der Waals surface area contributed by atoms with Gasteiger partial charge in [-0.1, -0.05) is 24.3 Å². The number of carbonyl (C=O) groups is 1. The molecule has 0 aliphatic carbocycles. The number of hydrogen-bond donors (Lipinski definition) is 5. The number of ketones is 1. The van der Waals surface area contributed by atoms with Gasteiger partial charge in [-0.3, -0.25) is 4.79 Å². The summed E-state index contributed by atoms with van der Waals surface area (Å²) in [6.07, 6.45) is -6.21. The molecule has 3 aromatic rings. The Labute approximate surface area is 194 Å². The van der Waals surface area contributed by atoms with Gasteiger partial charge in [0.25, 0.3) is 0 Å². The summed E-state index contributed by atoms with van der Waals surface area (Å²) in [6.45, 7) is -1.28. The normalized spacial score (nSPS) is 24.2. The molecule has 0 unspecified atom stereocenters. The van der Waals surface area contributed by atoms with Crippen LogP contribution in [0.3, 0.4) is 0 Å². The summed E-state index contributed by atoms with van der Waals surface area (Å²) in [6, 6.07) is 15.4. The Kier molecular flexibility index (Phi) is 7.40. The molecular weight excluding hydrogens is 448 g/mol. The van der Waals surface area contributed by atoms with Gasteiger partial charge in [0.05, 0.1) is 13.2 Å². The fourth-order valence-electron chi connectivity index (χ4n) is 3.83. The maximum absolute atomic E-state index is 12.8. The van der Waals surface area contributed by atoms with E-state index in [0.717, 1.165) is 15.8 Å². The summed E-state index contributed by atoms with van der Waals surface area (Å²) < 4.78 is 12.4. The van der Waals surface area contributed by atoms with Gasteiger partial charge in [-0.2, -0.15) is 0 Å². The molecule has 1 aromatic heterocycles. The largest absolute Gasteiger partial charge is 0.490 e. The van der Waals surface area contributed by atoms with E-state index in [9.17, 15) is 25.2 Å². The van der Waals surface area contributed by atoms with Gasteiger partial charge in [0.15, 0.2) is 5.78 Å². The number of fused-ring (bicyclic) bond motifs is 1. The van der Waals surface area contributed by atoms with E-state index in [1.807, 2.05) is 24.3 Å². The lowest BCUT2D eigenvalue weighted by Crippen LogP contribution is -2.53. The lowest BCUT2D eigenvalue weighted by atomic mass is 9.91. The topological polar surface area (TPSA) is 137 Å². The minimum atomic E-state index is -1.72. The van der Waals surface area contributed by atoms with Crippen molar-refractivity contribution in [3.63, 3.8) is 0 Å². The summed E-state index contributed by atoms with van der Waals surface area (Å²) in [7, 11) is 0. The highest BCUT2D eigenvalue weighted by Crippen LogP contribution is 2.36. The van der Waals surface area contributed by atoms with Crippen molar-refractivity contribution in [2.75, 3.05) is 19.8 Å². The van der Waals surface area contributed by atoms with Gasteiger partial charge in [-0.15, -0.1) is 11.3 Å². The number of hydrogen-bond acceptors (Lipinski definition) is 9. The molecule has 176 valence electrons. The SMILES string of the molecule is O=C1[C@H](c2cc(Cc3cc4ccccc4s3)ccc2OC[C@@H](O)CO)O[C@H](CO)[C@@H](O)[C@@H]1O. The van der Waals surface area contributed by atoms with Crippen LogP contribution in [-0.4, -0.2) is 75.6 Å². The van der Waals surface area contributed by atoms with Crippen LogP contribution in [0, 0.1) is 0 Å². The molecule has 1 fully saturated rings. The van der Waals surface area contributed by atoms with Gasteiger partial charge in [-0.25, -0.2) is 0 Å². The van der Waals surface area contributed by atoms with E-state index < -0.39 is 49.5 Å². The van der Waals surface area contributed by atoms with E-state index in [0.29, 0.717) is 12.0 Å². The molecule has 5 N–H and O–H groups in total. The third kappa shape index (κ3) is 5.10. The van der Waals surface area contributed by atoms with E-state index in [4.69, 9.17) is 14.6 Å². The zero-order valence-electron chi connectivity index (χ0n) is 17.7. The molecule has 0 spiro atoms. The monoisotopic (exact) mass is 474 g/mol. The van der Waals surface area contributed by atoms with Gasteiger partial charge in [-0.05, 0) is 35.2 Å². The quantitative estimate of drug-likeness (QED) is 0.326. The summed E-state index contributed by atoms with van der Waals surface area (Å²) in [4.78, 5) is 13.9. The molecule has 2 aromatic carbocycles. The Balaban J connectivity index is 1.67. The molecule has 1 aliphatic heterocycles. The third-order valence-electron chi connectivity index (χ3n) is 5.60. The predicted octanol–water partition coefficient (Wildman–Crippen LogP) is 0.947. The van der Waals surface area contributed by atoms with Crippen LogP contribution in [0.15, 0.2) is 48.5 Å². The maximum atomic E-state index is 12.8. The first-order valence-electron chi connectivity index (χ1n) is 10.6. The van der Waals surface area contributed by atoms with Crippen LogP contribution in [-0.2, 0) is 16.0 Å². The molecule has 8 nitrogen and oxygen atoms in total. The van der Waals surface area contributed by atoms with Crippen molar-refractivity contribution in [2.45, 2.75) is 36.9 Å². The highest BCUT2D eigenvalue weighted by molar-refractivity contribution is 7.19. The van der Waals surface area contributed by atoms with Gasteiger partial charge in [0.1, 0.15) is 42.9 Å². The van der Waals surface area contributed by atoms with Gasteiger partial charge in [0, 0.05) is 21.6 Å². The van der Waals surface area contributed by atoms with Gasteiger partial charge < -0.3 is 35.0 Å². The van der Waals surface area contributed by atoms with Crippen molar-refractivity contribution < 1.29 is 39.8 Å². The van der Waals surface area contributed by atoms with E-state index in [-0.39, 0.29) is 12.4 Å². The number of carbonyl (C=O) groups excluding carboxylic acids is 1. The highest BCUT2D eigenvalue weighted by Gasteiger charge is 2.44. The van der Waals surface area contributed by atoms with Gasteiger partial charge in [0.2, 0.25) is 0 Å². The first-order chi connectivity index (χ1) is 15.9. The Morgan fingerprint density at radius 3 is 2.61 bits per heavy atom. The fraction of sp³-hybridized carbons (Fsp3) is 0.375. The lowest BCUT2D eigenvalue weighted by Gasteiger charge is -2.36. The second-order valence-corrected chi connectivity index (χ2v) is 9.19. The number of thiophene rings is 1. The molecule has 2 heterocycles. The van der Waals surface area contributed by atoms with Gasteiger partial charge >= 0.3 is 0 Å². The number of aliphatic hydroxyl groups is 5. The van der Waals surface area contributed by atoms with Crippen molar-refractivity contribution in [1.82, 2.24) is 0 Å². The molecule has 0 radical (unpaired) electrons. The van der Waals surface area contributed by atoms with Crippen molar-refractivity contribution in [3.8, 4) is 5.75 Å². The smallest absolute Gasteiger partial charge is 0.197 e. The summed E-state index contributed by atoms with van der Waals surface area (Å²) in [5.74, 6) is -0.514. The molecular formula is C24H26O8S. The Hall–Kier alpha value is -2.37. The van der Waals surface area contributed by atoms with Crippen LogP contribution in [0.25, 0.3) is 10.1 Å². The third-order valence-corrected chi connectivity index (χ3v) is 6.71. The zero-order chi connectivity index (χ0) is 23.5. The molecule has 0 saturated carbocycles. The molecule has 0 amide bonds. The van der Waals surface area contributed by atoms with Crippen LogP contribution in [0.1, 0.15) is 22.1 Å². The van der Waals surface area contributed by atoms with Crippen molar-refractivity contribution >= 4 is 27.2 Å². The summed E-state index contributed by atoms with van der Waals surface area (Å²) in [5.41, 5.74) is 1.18. The van der Waals surface area contributed by atoms with Crippen LogP contribution in [0.4, 0.5) is 0 Å². The Morgan fingerprint density at radius 2 is 1.88 bits per heavy atom. The van der Waals surface area contributed by atoms with E-state index in [2.05, 4.69) is 12.1 Å². The van der Waals surface area contributed by atoms with E-state index in [1.165, 1.54) is 4.70 Å². The second kappa shape index (κ2) is 10.3. The average Bonchev–Trinajstić information content (AvgIpc) is 3.24. The fourth-order valence-corrected chi connectivity index (χ4v) is 4.93. The first-order valence-corrected chi connectivity index (χ1v) is 11.4. The molecule has 9 heteroatoms. The molecule has 1 saturated heterocycles. The number of aliphatic hydroxyl groups excluding tert-OH is 5. The first kappa shape index (κ1) is 23.8. The lowest BCUT2D eigenvalue weighted by molar-refractivity contribution is -0.189. The zero-order valence-corrected chi connectivity index (χ0v) is 18.5. The molecule has 1 aliphatic rings. The summed E-state index contributed by atoms with van der Waals surface area (Å²) in [5, 5.41) is 49.6. The Bertz CT molecular complexity index is 1080. The minimum absolute atomic E-state index is 0.214. The molecule has 5 atom stereocenters. The standard InChI is InChI=1S/C24H26O8S/c25-10-15(27)12-31-18-6-5-13(7-16-9-14-3-1-2-4-20(14)33-16)8-17(18)24-23(30)22(29)21(28)19(11-26)32-24/h1-6,8-9,15,19,21-22,24-29H,7,10-12H2/t15-,19+,21+,22-,24-/m0/s1. The second-order valence-electron chi connectivity index (χ2n) is 8.02. The maximum Gasteiger partial charge on any atom is 0.197 e. The average molecular weight is 475 g/mol.